The number of nitrogens with one attached hydrogen (secondary N) is 2. The van der Waals surface area contributed by atoms with E-state index in [4.69, 9.17) is 9.47 Å². The van der Waals surface area contributed by atoms with Crippen LogP contribution in [0.2, 0.25) is 0 Å². The number of piperazine rings is 1. The van der Waals surface area contributed by atoms with Crippen LogP contribution >= 0.6 is 0 Å². The standard InChI is InChI=1S/C33H43FN6O7/c1-3-4-17-46-33(45)39-15-13-38(14-16-39)28(41)19-35-31(43)25-18-27(30-21(2)23(34)10-11-24(30)37-25)47-20-29(42)40-12-6-9-26(40)32(44)36-22-7-5-8-22/h10-11,18,22,26H,3-9,12-17,19-20H2,1-2H3,(H,35,43)(H,36,44)/t26-/m0/s1. The number of amides is 5. The number of nitrogens with zero attached hydrogens (tertiary/aromatic N) is 4. The molecule has 1 aromatic carbocycles. The summed E-state index contributed by atoms with van der Waals surface area (Å²) < 4.78 is 25.7. The van der Waals surface area contributed by atoms with Gasteiger partial charge in [-0.15, -0.1) is 0 Å². The lowest BCUT2D eigenvalue weighted by Gasteiger charge is -2.34. The summed E-state index contributed by atoms with van der Waals surface area (Å²) in [5, 5.41) is 5.92. The van der Waals surface area contributed by atoms with Gasteiger partial charge in [-0.2, -0.15) is 0 Å². The molecule has 5 rings (SSSR count). The Morgan fingerprint density at radius 3 is 2.43 bits per heavy atom. The second kappa shape index (κ2) is 15.4. The van der Waals surface area contributed by atoms with Crippen molar-refractivity contribution in [3.8, 4) is 5.75 Å². The summed E-state index contributed by atoms with van der Waals surface area (Å²) >= 11 is 0. The second-order valence-corrected chi connectivity index (χ2v) is 12.3. The monoisotopic (exact) mass is 654 g/mol. The molecular weight excluding hydrogens is 611 g/mol. The minimum atomic E-state index is -0.649. The molecule has 1 aliphatic carbocycles. The topological polar surface area (TPSA) is 150 Å². The molecule has 2 aliphatic heterocycles. The van der Waals surface area contributed by atoms with Crippen molar-refractivity contribution in [3.63, 3.8) is 0 Å². The molecule has 2 aromatic rings. The molecule has 5 amide bonds. The van der Waals surface area contributed by atoms with Crippen LogP contribution in [0, 0.1) is 12.7 Å². The summed E-state index contributed by atoms with van der Waals surface area (Å²) in [7, 11) is 0. The van der Waals surface area contributed by atoms with E-state index < -0.39 is 30.5 Å². The van der Waals surface area contributed by atoms with Crippen LogP contribution < -0.4 is 15.4 Å². The van der Waals surface area contributed by atoms with E-state index >= 15 is 0 Å². The Labute approximate surface area is 273 Å². The van der Waals surface area contributed by atoms with E-state index in [1.54, 1.807) is 16.7 Å². The van der Waals surface area contributed by atoms with Crippen LogP contribution in [0.25, 0.3) is 10.9 Å². The van der Waals surface area contributed by atoms with Crippen molar-refractivity contribution in [1.29, 1.82) is 0 Å². The number of hydrogen-bond donors (Lipinski definition) is 2. The van der Waals surface area contributed by atoms with E-state index in [-0.39, 0.29) is 52.8 Å². The molecule has 3 aliphatic rings. The minimum absolute atomic E-state index is 0.0719. The van der Waals surface area contributed by atoms with Crippen LogP contribution in [0.5, 0.6) is 5.75 Å². The van der Waals surface area contributed by atoms with Gasteiger partial charge in [0.1, 0.15) is 23.3 Å². The first kappa shape index (κ1) is 33.9. The average Bonchev–Trinajstić information content (AvgIpc) is 3.56. The van der Waals surface area contributed by atoms with Gasteiger partial charge in [-0.3, -0.25) is 19.2 Å². The normalized spacial score (nSPS) is 18.1. The Morgan fingerprint density at radius 2 is 1.72 bits per heavy atom. The Kier molecular flexibility index (Phi) is 11.1. The second-order valence-electron chi connectivity index (χ2n) is 12.3. The first-order chi connectivity index (χ1) is 22.7. The van der Waals surface area contributed by atoms with Gasteiger partial charge in [0, 0.05) is 50.2 Å². The molecule has 1 aromatic heterocycles. The van der Waals surface area contributed by atoms with Gasteiger partial charge in [0.25, 0.3) is 11.8 Å². The Hall–Kier alpha value is -4.49. The van der Waals surface area contributed by atoms with Gasteiger partial charge in [0.15, 0.2) is 6.61 Å². The van der Waals surface area contributed by atoms with Crippen molar-refractivity contribution in [3.05, 3.63) is 35.3 Å². The number of aryl methyl sites for hydroxylation is 1. The maximum absolute atomic E-state index is 14.6. The number of carbonyl (C=O) groups excluding carboxylic acids is 5. The van der Waals surface area contributed by atoms with Crippen LogP contribution in [0.15, 0.2) is 18.2 Å². The molecule has 2 saturated heterocycles. The number of likely N-dealkylation sites (tertiary alicyclic amines) is 1. The fraction of sp³-hybridized carbons (Fsp3) is 0.576. The summed E-state index contributed by atoms with van der Waals surface area (Å²) in [5.41, 5.74) is 0.454. The largest absolute Gasteiger partial charge is 0.483 e. The third-order valence-electron chi connectivity index (χ3n) is 9.06. The van der Waals surface area contributed by atoms with Crippen LogP contribution in [0.3, 0.4) is 0 Å². The molecule has 0 spiro atoms. The molecule has 1 atom stereocenters. The maximum atomic E-state index is 14.6. The number of pyridine rings is 1. The van der Waals surface area contributed by atoms with Crippen molar-refractivity contribution in [2.24, 2.45) is 0 Å². The molecule has 14 heteroatoms. The van der Waals surface area contributed by atoms with Crippen LogP contribution in [0.1, 0.15) is 67.9 Å². The molecule has 0 unspecified atom stereocenters. The third-order valence-corrected chi connectivity index (χ3v) is 9.06. The van der Waals surface area contributed by atoms with E-state index in [9.17, 15) is 28.4 Å². The van der Waals surface area contributed by atoms with Gasteiger partial charge in [-0.05, 0) is 63.1 Å². The first-order valence-corrected chi connectivity index (χ1v) is 16.5. The molecule has 3 heterocycles. The highest BCUT2D eigenvalue weighted by molar-refractivity contribution is 5.99. The van der Waals surface area contributed by atoms with Crippen molar-refractivity contribution in [2.45, 2.75) is 70.9 Å². The summed E-state index contributed by atoms with van der Waals surface area (Å²) in [6.45, 7) is 4.91. The van der Waals surface area contributed by atoms with Gasteiger partial charge < -0.3 is 34.8 Å². The number of unbranched alkanes of at least 4 members (excludes halogenated alkanes) is 1. The smallest absolute Gasteiger partial charge is 0.409 e. The van der Waals surface area contributed by atoms with Crippen LogP contribution in [-0.2, 0) is 19.1 Å². The molecule has 13 nitrogen and oxygen atoms in total. The molecule has 3 fully saturated rings. The van der Waals surface area contributed by atoms with Crippen molar-refractivity contribution in [2.75, 3.05) is 52.5 Å². The Morgan fingerprint density at radius 1 is 0.979 bits per heavy atom. The highest BCUT2D eigenvalue weighted by Gasteiger charge is 2.36. The lowest BCUT2D eigenvalue weighted by molar-refractivity contribution is -0.140. The number of ether oxygens (including phenoxy) is 2. The quantitative estimate of drug-likeness (QED) is 0.351. The average molecular weight is 655 g/mol. The van der Waals surface area contributed by atoms with E-state index in [2.05, 4.69) is 15.6 Å². The molecule has 254 valence electrons. The van der Waals surface area contributed by atoms with Crippen LogP contribution in [-0.4, -0.2) is 114 Å². The number of benzene rings is 1. The van der Waals surface area contributed by atoms with Gasteiger partial charge in [0.2, 0.25) is 11.8 Å². The number of halogens is 1. The van der Waals surface area contributed by atoms with E-state index in [1.807, 2.05) is 6.92 Å². The highest BCUT2D eigenvalue weighted by atomic mass is 19.1. The van der Waals surface area contributed by atoms with Crippen molar-refractivity contribution in [1.82, 2.24) is 30.3 Å². The van der Waals surface area contributed by atoms with E-state index in [0.29, 0.717) is 57.6 Å². The van der Waals surface area contributed by atoms with E-state index in [0.717, 1.165) is 32.1 Å². The fourth-order valence-corrected chi connectivity index (χ4v) is 5.97. The van der Waals surface area contributed by atoms with E-state index in [1.165, 1.54) is 23.1 Å². The predicted molar refractivity (Wildman–Crippen MR) is 169 cm³/mol. The van der Waals surface area contributed by atoms with Gasteiger partial charge >= 0.3 is 6.09 Å². The zero-order valence-corrected chi connectivity index (χ0v) is 27.0. The van der Waals surface area contributed by atoms with Gasteiger partial charge in [-0.25, -0.2) is 14.2 Å². The summed E-state index contributed by atoms with van der Waals surface area (Å²) in [6, 6.07) is 3.58. The highest BCUT2D eigenvalue weighted by Crippen LogP contribution is 2.31. The number of rotatable bonds is 11. The molecule has 47 heavy (non-hydrogen) atoms. The molecule has 1 saturated carbocycles. The first-order valence-electron chi connectivity index (χ1n) is 16.5. The van der Waals surface area contributed by atoms with Crippen LogP contribution in [0.4, 0.5) is 9.18 Å². The summed E-state index contributed by atoms with van der Waals surface area (Å²) in [6.07, 6.45) is 5.54. The fourth-order valence-electron chi connectivity index (χ4n) is 5.97. The predicted octanol–water partition coefficient (Wildman–Crippen LogP) is 2.53. The number of aromatic nitrogens is 1. The molecule has 0 bridgehead atoms. The number of hydrogen-bond acceptors (Lipinski definition) is 8. The Balaban J connectivity index is 1.20. The third kappa shape index (κ3) is 8.09. The minimum Gasteiger partial charge on any atom is -0.483 e. The van der Waals surface area contributed by atoms with Crippen molar-refractivity contribution < 1.29 is 37.8 Å². The molecule has 2 N–H and O–H groups in total. The molecule has 0 radical (unpaired) electrons. The zero-order chi connectivity index (χ0) is 33.5. The van der Waals surface area contributed by atoms with Crippen molar-refractivity contribution >= 4 is 40.6 Å². The summed E-state index contributed by atoms with van der Waals surface area (Å²) in [5.74, 6) is -1.92. The molecular formula is C33H43FN6O7. The number of carbonyl (C=O) groups is 5. The SMILES string of the molecule is CCCCOC(=O)N1CCN(C(=O)CNC(=O)c2cc(OCC(=O)N3CCC[C@H]3C(=O)NC3CCC3)c3c(C)c(F)ccc3n2)CC1. The van der Waals surface area contributed by atoms with Gasteiger partial charge in [0.05, 0.1) is 18.7 Å². The Bertz CT molecular complexity index is 1510. The lowest BCUT2D eigenvalue weighted by Crippen LogP contribution is -2.52. The van der Waals surface area contributed by atoms with Gasteiger partial charge in [-0.1, -0.05) is 13.3 Å². The number of fused-ring (bicyclic) bond motifs is 1. The maximum Gasteiger partial charge on any atom is 0.409 e. The lowest BCUT2D eigenvalue weighted by atomic mass is 9.93. The zero-order valence-electron chi connectivity index (χ0n) is 27.0. The summed E-state index contributed by atoms with van der Waals surface area (Å²) in [4.78, 5) is 73.3.